The average molecular weight is 456 g/mol. The molecule has 3 heterocycles. The summed E-state index contributed by atoms with van der Waals surface area (Å²) in [5.74, 6) is 1.02. The minimum absolute atomic E-state index is 0. The monoisotopic (exact) mass is 455 g/mol. The maximum Gasteiger partial charge on any atom is 0.193 e. The molecule has 0 aromatic carbocycles. The van der Waals surface area contributed by atoms with Crippen molar-refractivity contribution < 1.29 is 4.74 Å². The highest BCUT2D eigenvalue weighted by molar-refractivity contribution is 14.0. The number of halogens is 2. The Morgan fingerprint density at radius 3 is 3.00 bits per heavy atom. The quantitative estimate of drug-likeness (QED) is 0.432. The first-order valence-corrected chi connectivity index (χ1v) is 8.68. The first-order valence-electron chi connectivity index (χ1n) is 7.48. The van der Waals surface area contributed by atoms with Gasteiger partial charge >= 0.3 is 0 Å². The van der Waals surface area contributed by atoms with Crippen LogP contribution in [0.3, 0.4) is 0 Å². The fourth-order valence-corrected chi connectivity index (χ4v) is 4.29. The summed E-state index contributed by atoms with van der Waals surface area (Å²) in [6, 6.07) is 4.05. The summed E-state index contributed by atoms with van der Waals surface area (Å²) in [7, 11) is 1.86. The molecular formula is C15H23ClIN3OS. The molecule has 1 unspecified atom stereocenters. The molecule has 0 aliphatic carbocycles. The molecule has 0 amide bonds. The molecule has 2 fully saturated rings. The van der Waals surface area contributed by atoms with Crippen molar-refractivity contribution in [3.8, 4) is 0 Å². The molecule has 3 rings (SSSR count). The Labute approximate surface area is 158 Å². The largest absolute Gasteiger partial charge is 0.381 e. The number of hydrogen-bond donors (Lipinski definition) is 1. The molecule has 22 heavy (non-hydrogen) atoms. The van der Waals surface area contributed by atoms with Crippen LogP contribution in [0.4, 0.5) is 0 Å². The van der Waals surface area contributed by atoms with Crippen LogP contribution in [0.2, 0.25) is 4.34 Å². The minimum atomic E-state index is 0. The molecule has 0 bridgehead atoms. The Balaban J connectivity index is 0.00000176. The molecule has 2 aliphatic rings. The average Bonchev–Trinajstić information content (AvgIpc) is 3.19. The van der Waals surface area contributed by atoms with Crippen molar-refractivity contribution in [1.29, 1.82) is 0 Å². The van der Waals surface area contributed by atoms with Crippen LogP contribution in [-0.2, 0) is 11.2 Å². The lowest BCUT2D eigenvalue weighted by Gasteiger charge is -2.24. The van der Waals surface area contributed by atoms with Crippen LogP contribution in [-0.4, -0.2) is 50.8 Å². The number of rotatable bonds is 3. The van der Waals surface area contributed by atoms with Crippen molar-refractivity contribution in [2.75, 3.05) is 39.9 Å². The first kappa shape index (κ1) is 18.3. The molecule has 2 saturated heterocycles. The third-order valence-electron chi connectivity index (χ3n) is 4.42. The van der Waals surface area contributed by atoms with Gasteiger partial charge in [0.25, 0.3) is 0 Å². The topological polar surface area (TPSA) is 36.9 Å². The summed E-state index contributed by atoms with van der Waals surface area (Å²) in [5, 5.41) is 3.47. The highest BCUT2D eigenvalue weighted by Gasteiger charge is 2.42. The van der Waals surface area contributed by atoms with Crippen LogP contribution in [0, 0.1) is 5.41 Å². The second kappa shape index (κ2) is 8.17. The zero-order valence-corrected chi connectivity index (χ0v) is 16.7. The Kier molecular flexibility index (Phi) is 6.79. The van der Waals surface area contributed by atoms with Crippen molar-refractivity contribution in [1.82, 2.24) is 10.2 Å². The van der Waals surface area contributed by atoms with E-state index in [1.807, 2.05) is 13.1 Å². The van der Waals surface area contributed by atoms with Gasteiger partial charge in [0.1, 0.15) is 0 Å². The van der Waals surface area contributed by atoms with Crippen LogP contribution in [0.15, 0.2) is 17.1 Å². The molecule has 1 spiro atoms. The van der Waals surface area contributed by atoms with E-state index in [-0.39, 0.29) is 24.0 Å². The van der Waals surface area contributed by atoms with E-state index < -0.39 is 0 Å². The number of thiophene rings is 1. The molecule has 0 radical (unpaired) electrons. The van der Waals surface area contributed by atoms with E-state index in [1.54, 1.807) is 11.3 Å². The predicted octanol–water partition coefficient (Wildman–Crippen LogP) is 3.25. The predicted molar refractivity (Wildman–Crippen MR) is 104 cm³/mol. The Morgan fingerprint density at radius 2 is 2.36 bits per heavy atom. The number of likely N-dealkylation sites (tertiary alicyclic amines) is 1. The van der Waals surface area contributed by atoms with Gasteiger partial charge in [-0.3, -0.25) is 4.99 Å². The van der Waals surface area contributed by atoms with Gasteiger partial charge in [-0.15, -0.1) is 35.3 Å². The molecule has 1 N–H and O–H groups in total. The summed E-state index contributed by atoms with van der Waals surface area (Å²) < 4.78 is 6.45. The van der Waals surface area contributed by atoms with Gasteiger partial charge < -0.3 is 15.0 Å². The summed E-state index contributed by atoms with van der Waals surface area (Å²) in [4.78, 5) is 8.11. The van der Waals surface area contributed by atoms with Gasteiger partial charge in [-0.25, -0.2) is 0 Å². The highest BCUT2D eigenvalue weighted by Crippen LogP contribution is 2.38. The molecular weight excluding hydrogens is 433 g/mol. The van der Waals surface area contributed by atoms with Crippen LogP contribution in [0.5, 0.6) is 0 Å². The zero-order valence-electron chi connectivity index (χ0n) is 12.8. The van der Waals surface area contributed by atoms with E-state index in [9.17, 15) is 0 Å². The molecule has 1 aromatic rings. The van der Waals surface area contributed by atoms with Gasteiger partial charge in [-0.1, -0.05) is 11.6 Å². The Hall–Kier alpha value is -0.0500. The zero-order chi connectivity index (χ0) is 14.7. The third kappa shape index (κ3) is 4.27. The maximum atomic E-state index is 5.96. The second-order valence-corrected chi connectivity index (χ2v) is 7.70. The fourth-order valence-electron chi connectivity index (χ4n) is 3.20. The van der Waals surface area contributed by atoms with Crippen LogP contribution >= 0.6 is 46.9 Å². The van der Waals surface area contributed by atoms with E-state index in [2.05, 4.69) is 21.3 Å². The normalized spacial score (nSPS) is 24.8. The Bertz CT molecular complexity index is 517. The number of nitrogens with one attached hydrogen (secondary N) is 1. The number of nitrogens with zero attached hydrogens (tertiary/aromatic N) is 2. The van der Waals surface area contributed by atoms with Crippen molar-refractivity contribution in [3.63, 3.8) is 0 Å². The molecule has 0 saturated carbocycles. The lowest BCUT2D eigenvalue weighted by molar-refractivity contribution is 0.156. The summed E-state index contributed by atoms with van der Waals surface area (Å²) in [5.41, 5.74) is 0.374. The molecule has 2 aliphatic heterocycles. The van der Waals surface area contributed by atoms with E-state index >= 15 is 0 Å². The van der Waals surface area contributed by atoms with Crippen molar-refractivity contribution in [2.24, 2.45) is 10.4 Å². The lowest BCUT2D eigenvalue weighted by Crippen LogP contribution is -2.42. The smallest absolute Gasteiger partial charge is 0.193 e. The van der Waals surface area contributed by atoms with E-state index in [0.717, 1.165) is 49.6 Å². The van der Waals surface area contributed by atoms with Gasteiger partial charge in [0, 0.05) is 43.6 Å². The standard InChI is InChI=1S/C15H22ClN3OS.HI/c1-17-14(18-7-4-12-2-3-13(16)21-12)19-8-5-15(10-19)6-9-20-11-15;/h2-3H,4-11H2,1H3,(H,17,18);1H. The fraction of sp³-hybridized carbons (Fsp3) is 0.667. The maximum absolute atomic E-state index is 5.96. The molecule has 1 aromatic heterocycles. The van der Waals surface area contributed by atoms with Crippen molar-refractivity contribution >= 4 is 52.9 Å². The highest BCUT2D eigenvalue weighted by atomic mass is 127. The number of guanidine groups is 1. The molecule has 4 nitrogen and oxygen atoms in total. The minimum Gasteiger partial charge on any atom is -0.381 e. The molecule has 1 atom stereocenters. The summed E-state index contributed by atoms with van der Waals surface area (Å²) in [6.45, 7) is 4.86. The van der Waals surface area contributed by atoms with Gasteiger partial charge in [-0.05, 0) is 31.4 Å². The first-order chi connectivity index (χ1) is 10.2. The van der Waals surface area contributed by atoms with Gasteiger partial charge in [-0.2, -0.15) is 0 Å². The van der Waals surface area contributed by atoms with Crippen LogP contribution in [0.25, 0.3) is 0 Å². The van der Waals surface area contributed by atoms with Crippen molar-refractivity contribution in [3.05, 3.63) is 21.3 Å². The number of hydrogen-bond acceptors (Lipinski definition) is 3. The summed E-state index contributed by atoms with van der Waals surface area (Å²) in [6.07, 6.45) is 3.39. The van der Waals surface area contributed by atoms with Gasteiger partial charge in [0.15, 0.2) is 5.96 Å². The number of ether oxygens (including phenoxy) is 1. The van der Waals surface area contributed by atoms with E-state index in [0.29, 0.717) is 5.41 Å². The SMILES string of the molecule is CN=C(NCCc1ccc(Cl)s1)N1CCC2(CCOC2)C1.I. The lowest BCUT2D eigenvalue weighted by atomic mass is 9.87. The third-order valence-corrected chi connectivity index (χ3v) is 5.71. The van der Waals surface area contributed by atoms with Gasteiger partial charge in [0.05, 0.1) is 10.9 Å². The Morgan fingerprint density at radius 1 is 1.50 bits per heavy atom. The van der Waals surface area contributed by atoms with E-state index in [4.69, 9.17) is 16.3 Å². The van der Waals surface area contributed by atoms with Crippen molar-refractivity contribution in [2.45, 2.75) is 19.3 Å². The van der Waals surface area contributed by atoms with E-state index in [1.165, 1.54) is 17.7 Å². The molecule has 7 heteroatoms. The second-order valence-electron chi connectivity index (χ2n) is 5.90. The number of aliphatic imine (C=N–C) groups is 1. The summed E-state index contributed by atoms with van der Waals surface area (Å²) >= 11 is 7.61. The van der Waals surface area contributed by atoms with Crippen LogP contribution in [0.1, 0.15) is 17.7 Å². The molecule has 124 valence electrons. The van der Waals surface area contributed by atoms with Gasteiger partial charge in [0.2, 0.25) is 0 Å². The van der Waals surface area contributed by atoms with Crippen LogP contribution < -0.4 is 5.32 Å².